The Bertz CT molecular complexity index is 420. The molecule has 2 aliphatic heterocycles. The first-order valence-electron chi connectivity index (χ1n) is 6.45. The van der Waals surface area contributed by atoms with Crippen molar-refractivity contribution in [3.05, 3.63) is 29.8 Å². The van der Waals surface area contributed by atoms with E-state index in [1.807, 2.05) is 0 Å². The van der Waals surface area contributed by atoms with Crippen LogP contribution in [-0.2, 0) is 11.2 Å². The molecular weight excluding hydrogens is 212 g/mol. The lowest BCUT2D eigenvalue weighted by Crippen LogP contribution is -2.58. The van der Waals surface area contributed by atoms with E-state index >= 15 is 0 Å². The van der Waals surface area contributed by atoms with Crippen LogP contribution in [0.1, 0.15) is 18.9 Å². The van der Waals surface area contributed by atoms with E-state index in [2.05, 4.69) is 36.1 Å². The van der Waals surface area contributed by atoms with Crippen LogP contribution in [-0.4, -0.2) is 31.3 Å². The van der Waals surface area contributed by atoms with Crippen LogP contribution in [0.2, 0.25) is 0 Å². The van der Waals surface area contributed by atoms with E-state index in [1.165, 1.54) is 11.3 Å². The number of nitrogens with zero attached hydrogens (tertiary/aromatic N) is 1. The first-order chi connectivity index (χ1) is 8.28. The van der Waals surface area contributed by atoms with Gasteiger partial charge in [0.15, 0.2) is 0 Å². The zero-order chi connectivity index (χ0) is 11.9. The summed E-state index contributed by atoms with van der Waals surface area (Å²) in [7, 11) is 0. The molecule has 2 atom stereocenters. The highest BCUT2D eigenvalue weighted by molar-refractivity contribution is 5.60. The Morgan fingerprint density at radius 1 is 1.47 bits per heavy atom. The van der Waals surface area contributed by atoms with Gasteiger partial charge in [0, 0.05) is 25.4 Å². The minimum Gasteiger partial charge on any atom is -0.376 e. The molecule has 1 fully saturated rings. The smallest absolute Gasteiger partial charge is 0.0804 e. The molecule has 0 saturated carbocycles. The molecule has 2 N–H and O–H groups in total. The van der Waals surface area contributed by atoms with Crippen LogP contribution < -0.4 is 10.6 Å². The van der Waals surface area contributed by atoms with Crippen molar-refractivity contribution in [2.75, 3.05) is 24.6 Å². The van der Waals surface area contributed by atoms with Crippen LogP contribution >= 0.6 is 0 Å². The van der Waals surface area contributed by atoms with E-state index in [-0.39, 0.29) is 11.6 Å². The van der Waals surface area contributed by atoms with Gasteiger partial charge in [-0.05, 0) is 31.4 Å². The molecule has 3 heteroatoms. The van der Waals surface area contributed by atoms with Gasteiger partial charge in [0.2, 0.25) is 0 Å². The maximum Gasteiger partial charge on any atom is 0.0804 e. The Kier molecular flexibility index (Phi) is 2.60. The number of ether oxygens (including phenoxy) is 1. The Hall–Kier alpha value is -1.06. The fourth-order valence-corrected chi connectivity index (χ4v) is 3.30. The lowest BCUT2D eigenvalue weighted by atomic mass is 9.89. The van der Waals surface area contributed by atoms with Crippen molar-refractivity contribution in [3.8, 4) is 0 Å². The fraction of sp³-hybridized carbons (Fsp3) is 0.571. The van der Waals surface area contributed by atoms with Gasteiger partial charge in [-0.25, -0.2) is 0 Å². The van der Waals surface area contributed by atoms with Crippen molar-refractivity contribution in [1.82, 2.24) is 0 Å². The predicted octanol–water partition coefficient (Wildman–Crippen LogP) is 1.56. The van der Waals surface area contributed by atoms with Crippen molar-refractivity contribution in [2.45, 2.75) is 31.4 Å². The Labute approximate surface area is 103 Å². The molecule has 1 saturated heterocycles. The third-order valence-corrected chi connectivity index (χ3v) is 4.44. The molecule has 0 aliphatic carbocycles. The predicted molar refractivity (Wildman–Crippen MR) is 69.3 cm³/mol. The summed E-state index contributed by atoms with van der Waals surface area (Å²) in [5, 5.41) is 0. The molecule has 1 aromatic rings. The number of rotatable bonds is 2. The van der Waals surface area contributed by atoms with Crippen molar-refractivity contribution < 1.29 is 4.74 Å². The molecule has 17 heavy (non-hydrogen) atoms. The number of fused-ring (bicyclic) bond motifs is 1. The molecule has 0 amide bonds. The van der Waals surface area contributed by atoms with E-state index in [0.717, 1.165) is 26.0 Å². The molecule has 3 rings (SSSR count). The van der Waals surface area contributed by atoms with Crippen molar-refractivity contribution in [1.29, 1.82) is 0 Å². The van der Waals surface area contributed by atoms with Gasteiger partial charge >= 0.3 is 0 Å². The van der Waals surface area contributed by atoms with E-state index in [4.69, 9.17) is 10.5 Å². The number of nitrogens with two attached hydrogens (primary N) is 1. The van der Waals surface area contributed by atoms with Gasteiger partial charge < -0.3 is 15.4 Å². The second-order valence-electron chi connectivity index (χ2n) is 5.10. The number of hydrogen-bond acceptors (Lipinski definition) is 3. The Morgan fingerprint density at radius 3 is 3.00 bits per heavy atom. The van der Waals surface area contributed by atoms with E-state index < -0.39 is 0 Å². The van der Waals surface area contributed by atoms with Gasteiger partial charge in [0.25, 0.3) is 0 Å². The summed E-state index contributed by atoms with van der Waals surface area (Å²) in [5.41, 5.74) is 8.88. The Morgan fingerprint density at radius 2 is 2.29 bits per heavy atom. The Balaban J connectivity index is 2.00. The number of benzene rings is 1. The average Bonchev–Trinajstić information content (AvgIpc) is 2.93. The maximum absolute atomic E-state index is 6.07. The minimum absolute atomic E-state index is 0.00655. The normalized spacial score (nSPS) is 31.9. The monoisotopic (exact) mass is 232 g/mol. The second kappa shape index (κ2) is 4.00. The van der Waals surface area contributed by atoms with Gasteiger partial charge in [-0.1, -0.05) is 18.2 Å². The standard InChI is InChI=1S/C14H20N2O/c1-11-14(10-15,7-9-17-11)16-8-6-12-4-2-3-5-13(12)16/h2-5,11H,6-10,15H2,1H3. The molecule has 0 aromatic heterocycles. The van der Waals surface area contributed by atoms with Crippen LogP contribution in [0.25, 0.3) is 0 Å². The zero-order valence-corrected chi connectivity index (χ0v) is 10.4. The van der Waals surface area contributed by atoms with Gasteiger partial charge in [0.1, 0.15) is 0 Å². The van der Waals surface area contributed by atoms with Gasteiger partial charge in [-0.15, -0.1) is 0 Å². The molecule has 92 valence electrons. The molecule has 2 heterocycles. The van der Waals surface area contributed by atoms with Crippen LogP contribution in [0.4, 0.5) is 5.69 Å². The van der Waals surface area contributed by atoms with Gasteiger partial charge in [-0.3, -0.25) is 0 Å². The lowest BCUT2D eigenvalue weighted by molar-refractivity contribution is 0.0952. The highest BCUT2D eigenvalue weighted by atomic mass is 16.5. The van der Waals surface area contributed by atoms with Crippen molar-refractivity contribution in [3.63, 3.8) is 0 Å². The molecule has 3 nitrogen and oxygen atoms in total. The molecule has 2 unspecified atom stereocenters. The molecule has 1 aromatic carbocycles. The van der Waals surface area contributed by atoms with Gasteiger partial charge in [0.05, 0.1) is 11.6 Å². The quantitative estimate of drug-likeness (QED) is 0.841. The lowest BCUT2D eigenvalue weighted by Gasteiger charge is -2.42. The number of hydrogen-bond donors (Lipinski definition) is 1. The summed E-state index contributed by atoms with van der Waals surface area (Å²) >= 11 is 0. The minimum atomic E-state index is 0.00655. The summed E-state index contributed by atoms with van der Waals surface area (Å²) in [6.07, 6.45) is 2.39. The first kappa shape index (κ1) is 11.1. The van der Waals surface area contributed by atoms with Crippen LogP contribution in [0.15, 0.2) is 24.3 Å². The topological polar surface area (TPSA) is 38.5 Å². The maximum atomic E-state index is 6.07. The number of anilines is 1. The fourth-order valence-electron chi connectivity index (χ4n) is 3.30. The number of para-hydroxylation sites is 1. The van der Waals surface area contributed by atoms with Crippen LogP contribution in [0.3, 0.4) is 0 Å². The summed E-state index contributed by atoms with van der Waals surface area (Å²) in [5.74, 6) is 0. The highest BCUT2D eigenvalue weighted by Gasteiger charge is 2.47. The SMILES string of the molecule is CC1OCCC1(CN)N1CCc2ccccc21. The zero-order valence-electron chi connectivity index (χ0n) is 10.4. The third kappa shape index (κ3) is 1.49. The summed E-state index contributed by atoms with van der Waals surface area (Å²) < 4.78 is 5.77. The average molecular weight is 232 g/mol. The summed E-state index contributed by atoms with van der Waals surface area (Å²) in [4.78, 5) is 2.49. The van der Waals surface area contributed by atoms with Crippen molar-refractivity contribution >= 4 is 5.69 Å². The molecular formula is C14H20N2O. The van der Waals surface area contributed by atoms with E-state index in [9.17, 15) is 0 Å². The summed E-state index contributed by atoms with van der Waals surface area (Å²) in [6.45, 7) is 4.73. The first-order valence-corrected chi connectivity index (χ1v) is 6.45. The molecule has 0 bridgehead atoms. The van der Waals surface area contributed by atoms with Crippen molar-refractivity contribution in [2.24, 2.45) is 5.73 Å². The summed E-state index contributed by atoms with van der Waals surface area (Å²) in [6, 6.07) is 8.67. The molecule has 0 radical (unpaired) electrons. The van der Waals surface area contributed by atoms with Crippen LogP contribution in [0, 0.1) is 0 Å². The molecule has 2 aliphatic rings. The van der Waals surface area contributed by atoms with E-state index in [1.54, 1.807) is 0 Å². The van der Waals surface area contributed by atoms with E-state index in [0.29, 0.717) is 6.54 Å². The largest absolute Gasteiger partial charge is 0.376 e. The molecule has 0 spiro atoms. The van der Waals surface area contributed by atoms with Crippen LogP contribution in [0.5, 0.6) is 0 Å². The second-order valence-corrected chi connectivity index (χ2v) is 5.10. The van der Waals surface area contributed by atoms with Gasteiger partial charge in [-0.2, -0.15) is 0 Å². The highest BCUT2D eigenvalue weighted by Crippen LogP contribution is 2.39. The third-order valence-electron chi connectivity index (χ3n) is 4.44.